The molecule has 1 amide bonds. The van der Waals surface area contributed by atoms with E-state index in [1.807, 2.05) is 60.3 Å². The maximum absolute atomic E-state index is 12.7. The van der Waals surface area contributed by atoms with E-state index in [1.54, 1.807) is 17.8 Å². The van der Waals surface area contributed by atoms with Gasteiger partial charge in [0, 0.05) is 18.9 Å². The van der Waals surface area contributed by atoms with Gasteiger partial charge in [-0.3, -0.25) is 4.79 Å². The van der Waals surface area contributed by atoms with Crippen LogP contribution in [0.2, 0.25) is 5.15 Å². The molecule has 0 bridgehead atoms. The van der Waals surface area contributed by atoms with Crippen LogP contribution >= 0.6 is 11.6 Å². The van der Waals surface area contributed by atoms with Crippen LogP contribution in [0.25, 0.3) is 5.69 Å². The number of aromatic nitrogens is 4. The van der Waals surface area contributed by atoms with E-state index in [0.717, 1.165) is 23.2 Å². The molecule has 0 aliphatic heterocycles. The number of hydrogen-bond donors (Lipinski definition) is 1. The third-order valence-corrected chi connectivity index (χ3v) is 5.53. The third-order valence-electron chi connectivity index (χ3n) is 5.15. The van der Waals surface area contributed by atoms with Crippen molar-refractivity contribution in [3.8, 4) is 5.69 Å². The van der Waals surface area contributed by atoms with Crippen molar-refractivity contribution in [3.05, 3.63) is 100 Å². The van der Waals surface area contributed by atoms with E-state index in [9.17, 15) is 4.79 Å². The van der Waals surface area contributed by atoms with Gasteiger partial charge >= 0.3 is 0 Å². The Morgan fingerprint density at radius 1 is 1.03 bits per heavy atom. The van der Waals surface area contributed by atoms with Crippen molar-refractivity contribution in [1.82, 2.24) is 24.9 Å². The molecule has 0 aliphatic carbocycles. The van der Waals surface area contributed by atoms with Gasteiger partial charge in [-0.1, -0.05) is 53.6 Å². The Hall–Kier alpha value is -3.38. The Morgan fingerprint density at radius 2 is 1.74 bits per heavy atom. The summed E-state index contributed by atoms with van der Waals surface area (Å²) >= 11 is 6.50. The number of aryl methyl sites for hydroxylation is 2. The van der Waals surface area contributed by atoms with Crippen molar-refractivity contribution in [2.24, 2.45) is 0 Å². The van der Waals surface area contributed by atoms with Gasteiger partial charge in [-0.25, -0.2) is 9.36 Å². The second-order valence-corrected chi connectivity index (χ2v) is 7.88. The van der Waals surface area contributed by atoms with E-state index in [0.29, 0.717) is 29.5 Å². The Labute approximate surface area is 186 Å². The SMILES string of the molecule is Cc1ccc(Cn2nc(C)c(C(=O)NCCc3ccc(-n4cccn4)cc3)c2Cl)cc1. The molecule has 2 aromatic heterocycles. The average molecular weight is 434 g/mol. The normalized spacial score (nSPS) is 10.9. The number of nitrogens with one attached hydrogen (secondary N) is 1. The molecule has 7 heteroatoms. The van der Waals surface area contributed by atoms with E-state index in [1.165, 1.54) is 5.56 Å². The number of benzene rings is 2. The van der Waals surface area contributed by atoms with Gasteiger partial charge < -0.3 is 5.32 Å². The Balaban J connectivity index is 1.36. The second kappa shape index (κ2) is 9.18. The summed E-state index contributed by atoms with van der Waals surface area (Å²) in [5.74, 6) is -0.203. The lowest BCUT2D eigenvalue weighted by Crippen LogP contribution is -2.26. The van der Waals surface area contributed by atoms with Gasteiger partial charge in [-0.05, 0) is 49.6 Å². The lowest BCUT2D eigenvalue weighted by molar-refractivity contribution is 0.0953. The molecule has 2 heterocycles. The highest BCUT2D eigenvalue weighted by atomic mass is 35.5. The summed E-state index contributed by atoms with van der Waals surface area (Å²) in [6.07, 6.45) is 4.37. The first-order chi connectivity index (χ1) is 15.0. The molecule has 0 spiro atoms. The Bertz CT molecular complexity index is 1160. The predicted octanol–water partition coefficient (Wildman–Crippen LogP) is 4.36. The highest BCUT2D eigenvalue weighted by Gasteiger charge is 2.20. The first-order valence-electron chi connectivity index (χ1n) is 10.2. The van der Waals surface area contributed by atoms with Crippen LogP contribution in [0, 0.1) is 13.8 Å². The molecule has 158 valence electrons. The number of halogens is 1. The van der Waals surface area contributed by atoms with Crippen LogP contribution in [0.5, 0.6) is 0 Å². The number of carbonyl (C=O) groups excluding carboxylic acids is 1. The van der Waals surface area contributed by atoms with Crippen LogP contribution in [-0.4, -0.2) is 32.0 Å². The molecule has 0 radical (unpaired) electrons. The number of amides is 1. The van der Waals surface area contributed by atoms with Gasteiger partial charge in [0.05, 0.1) is 23.5 Å². The first kappa shape index (κ1) is 20.9. The van der Waals surface area contributed by atoms with Crippen LogP contribution in [0.15, 0.2) is 67.0 Å². The van der Waals surface area contributed by atoms with Crippen molar-refractivity contribution < 1.29 is 4.79 Å². The molecule has 1 N–H and O–H groups in total. The van der Waals surface area contributed by atoms with Crippen molar-refractivity contribution in [1.29, 1.82) is 0 Å². The van der Waals surface area contributed by atoms with Crippen molar-refractivity contribution in [3.63, 3.8) is 0 Å². The number of rotatable bonds is 7. The molecule has 0 fully saturated rings. The number of nitrogens with zero attached hydrogens (tertiary/aromatic N) is 4. The summed E-state index contributed by atoms with van der Waals surface area (Å²) < 4.78 is 3.48. The molecule has 0 atom stereocenters. The van der Waals surface area contributed by atoms with Gasteiger partial charge in [0.25, 0.3) is 5.91 Å². The summed E-state index contributed by atoms with van der Waals surface area (Å²) in [7, 11) is 0. The standard InChI is InChI=1S/C24H24ClN5O/c1-17-4-6-20(7-5-17)16-30-23(25)22(18(2)28-30)24(31)26-14-12-19-8-10-21(11-9-19)29-15-3-13-27-29/h3-11,13,15H,12,14,16H2,1-2H3,(H,26,31). The minimum atomic E-state index is -0.203. The second-order valence-electron chi connectivity index (χ2n) is 7.52. The summed E-state index contributed by atoms with van der Waals surface area (Å²) in [5, 5.41) is 12.0. The summed E-state index contributed by atoms with van der Waals surface area (Å²) in [6.45, 7) is 4.89. The van der Waals surface area contributed by atoms with Crippen molar-refractivity contribution in [2.45, 2.75) is 26.8 Å². The zero-order chi connectivity index (χ0) is 21.8. The zero-order valence-corrected chi connectivity index (χ0v) is 18.3. The third kappa shape index (κ3) is 4.86. The first-order valence-corrected chi connectivity index (χ1v) is 10.5. The fraction of sp³-hybridized carbons (Fsp3) is 0.208. The number of hydrogen-bond acceptors (Lipinski definition) is 3. The van der Waals surface area contributed by atoms with E-state index in [2.05, 4.69) is 27.6 Å². The van der Waals surface area contributed by atoms with Gasteiger partial charge in [-0.15, -0.1) is 0 Å². The van der Waals surface area contributed by atoms with Crippen LogP contribution in [0.4, 0.5) is 0 Å². The summed E-state index contributed by atoms with van der Waals surface area (Å²) in [4.78, 5) is 12.7. The van der Waals surface area contributed by atoms with Gasteiger partial charge in [-0.2, -0.15) is 10.2 Å². The fourth-order valence-electron chi connectivity index (χ4n) is 3.43. The van der Waals surface area contributed by atoms with E-state index >= 15 is 0 Å². The molecule has 0 unspecified atom stereocenters. The molecule has 4 rings (SSSR count). The van der Waals surface area contributed by atoms with Crippen LogP contribution < -0.4 is 5.32 Å². The maximum Gasteiger partial charge on any atom is 0.256 e. The van der Waals surface area contributed by atoms with Gasteiger partial charge in [0.1, 0.15) is 5.15 Å². The van der Waals surface area contributed by atoms with Crippen LogP contribution in [-0.2, 0) is 13.0 Å². The maximum atomic E-state index is 12.7. The molecule has 2 aromatic carbocycles. The minimum absolute atomic E-state index is 0.203. The average Bonchev–Trinajstić information content (AvgIpc) is 3.39. The lowest BCUT2D eigenvalue weighted by Gasteiger charge is -2.07. The van der Waals surface area contributed by atoms with Crippen molar-refractivity contribution in [2.75, 3.05) is 6.54 Å². The molecule has 4 aromatic rings. The van der Waals surface area contributed by atoms with E-state index in [4.69, 9.17) is 11.6 Å². The molecule has 31 heavy (non-hydrogen) atoms. The Kier molecular flexibility index (Phi) is 6.18. The minimum Gasteiger partial charge on any atom is -0.352 e. The zero-order valence-electron chi connectivity index (χ0n) is 17.5. The lowest BCUT2D eigenvalue weighted by atomic mass is 10.1. The van der Waals surface area contributed by atoms with Crippen molar-refractivity contribution >= 4 is 17.5 Å². The largest absolute Gasteiger partial charge is 0.352 e. The quantitative estimate of drug-likeness (QED) is 0.471. The van der Waals surface area contributed by atoms with Gasteiger partial charge in [0.2, 0.25) is 0 Å². The summed E-state index contributed by atoms with van der Waals surface area (Å²) in [6, 6.07) is 18.2. The molecule has 0 saturated carbocycles. The highest BCUT2D eigenvalue weighted by Crippen LogP contribution is 2.21. The molecular formula is C24H24ClN5O. The summed E-state index contributed by atoms with van der Waals surface area (Å²) in [5.41, 5.74) is 5.47. The smallest absolute Gasteiger partial charge is 0.256 e. The highest BCUT2D eigenvalue weighted by molar-refractivity contribution is 6.33. The van der Waals surface area contributed by atoms with E-state index < -0.39 is 0 Å². The topological polar surface area (TPSA) is 64.7 Å². The molecule has 0 saturated heterocycles. The number of carbonyl (C=O) groups is 1. The van der Waals surface area contributed by atoms with Crippen LogP contribution in [0.3, 0.4) is 0 Å². The van der Waals surface area contributed by atoms with E-state index in [-0.39, 0.29) is 5.91 Å². The predicted molar refractivity (Wildman–Crippen MR) is 122 cm³/mol. The Morgan fingerprint density at radius 3 is 2.42 bits per heavy atom. The van der Waals surface area contributed by atoms with Gasteiger partial charge in [0.15, 0.2) is 0 Å². The fourth-order valence-corrected chi connectivity index (χ4v) is 3.75. The molecule has 0 aliphatic rings. The van der Waals surface area contributed by atoms with Crippen LogP contribution in [0.1, 0.15) is 32.7 Å². The molecule has 6 nitrogen and oxygen atoms in total. The monoisotopic (exact) mass is 433 g/mol. The molecular weight excluding hydrogens is 410 g/mol.